The lowest BCUT2D eigenvalue weighted by atomic mass is 10.3. The fraction of sp³-hybridized carbons (Fsp3) is 0.429. The van der Waals surface area contributed by atoms with Crippen LogP contribution < -0.4 is 0 Å². The first-order valence-corrected chi connectivity index (χ1v) is 3.45. The Hall–Kier alpha value is -1.46. The minimum Gasteiger partial charge on any atom is -0.464 e. The van der Waals surface area contributed by atoms with E-state index in [1.807, 2.05) is 0 Å². The van der Waals surface area contributed by atoms with E-state index in [1.165, 1.54) is 7.05 Å². The predicted octanol–water partition coefficient (Wildman–Crippen LogP) is 1.14. The maximum absolute atomic E-state index is 12.3. The number of hydrogen-bond donors (Lipinski definition) is 0. The molecule has 6 heteroatoms. The highest BCUT2D eigenvalue weighted by atomic mass is 19.3. The van der Waals surface area contributed by atoms with Crippen LogP contribution in [0.3, 0.4) is 0 Å². The zero-order valence-corrected chi connectivity index (χ0v) is 7.12. The van der Waals surface area contributed by atoms with Gasteiger partial charge in [-0.25, -0.2) is 18.6 Å². The van der Waals surface area contributed by atoms with E-state index in [1.54, 1.807) is 0 Å². The molecule has 0 aliphatic carbocycles. The van der Waals surface area contributed by atoms with Gasteiger partial charge in [-0.3, -0.25) is 0 Å². The van der Waals surface area contributed by atoms with Crippen molar-refractivity contribution in [3.05, 3.63) is 17.7 Å². The maximum Gasteiger partial charge on any atom is 0.358 e. The number of nitrogens with zero attached hydrogens (tertiary/aromatic N) is 2. The summed E-state index contributed by atoms with van der Waals surface area (Å²) in [6, 6.07) is 0. The summed E-state index contributed by atoms with van der Waals surface area (Å²) < 4.78 is 30.1. The summed E-state index contributed by atoms with van der Waals surface area (Å²) in [6.45, 7) is 0. The van der Waals surface area contributed by atoms with Crippen molar-refractivity contribution < 1.29 is 18.3 Å². The highest BCUT2D eigenvalue weighted by Crippen LogP contribution is 2.21. The Bertz CT molecular complexity index is 322. The lowest BCUT2D eigenvalue weighted by Crippen LogP contribution is -2.07. The Morgan fingerprint density at radius 2 is 2.31 bits per heavy atom. The molecule has 0 bridgehead atoms. The molecule has 0 N–H and O–H groups in total. The summed E-state index contributed by atoms with van der Waals surface area (Å²) in [4.78, 5) is 14.4. The van der Waals surface area contributed by atoms with Gasteiger partial charge in [0, 0.05) is 7.05 Å². The number of esters is 1. The van der Waals surface area contributed by atoms with Crippen LogP contribution in [0.25, 0.3) is 0 Å². The van der Waals surface area contributed by atoms with Gasteiger partial charge in [0.15, 0.2) is 5.69 Å². The zero-order chi connectivity index (χ0) is 10.0. The molecule has 0 aliphatic heterocycles. The summed E-state index contributed by atoms with van der Waals surface area (Å²) in [7, 11) is 2.51. The summed E-state index contributed by atoms with van der Waals surface area (Å²) in [5, 5.41) is 0. The molecule has 72 valence electrons. The zero-order valence-electron chi connectivity index (χ0n) is 7.12. The molecule has 4 nitrogen and oxygen atoms in total. The van der Waals surface area contributed by atoms with Crippen LogP contribution in [-0.4, -0.2) is 22.6 Å². The van der Waals surface area contributed by atoms with Gasteiger partial charge in [-0.15, -0.1) is 0 Å². The molecule has 1 rings (SSSR count). The van der Waals surface area contributed by atoms with E-state index in [4.69, 9.17) is 0 Å². The van der Waals surface area contributed by atoms with Crippen molar-refractivity contribution in [1.29, 1.82) is 0 Å². The fourth-order valence-electron chi connectivity index (χ4n) is 0.951. The number of ether oxygens (including phenoxy) is 1. The van der Waals surface area contributed by atoms with Crippen molar-refractivity contribution in [1.82, 2.24) is 9.55 Å². The average molecular weight is 190 g/mol. The Labute approximate surface area is 73.1 Å². The van der Waals surface area contributed by atoms with Crippen molar-refractivity contribution >= 4 is 5.97 Å². The number of alkyl halides is 2. The minimum atomic E-state index is -2.73. The molecular weight excluding hydrogens is 182 g/mol. The van der Waals surface area contributed by atoms with E-state index in [9.17, 15) is 13.6 Å². The first-order chi connectivity index (χ1) is 6.07. The van der Waals surface area contributed by atoms with Crippen molar-refractivity contribution in [2.45, 2.75) is 6.43 Å². The summed E-state index contributed by atoms with van der Waals surface area (Å²) in [5.41, 5.74) is -0.758. The molecule has 0 aromatic carbocycles. The summed E-state index contributed by atoms with van der Waals surface area (Å²) in [6.07, 6.45) is -1.59. The number of aromatic nitrogens is 2. The Kier molecular flexibility index (Phi) is 2.60. The third-order valence-corrected chi connectivity index (χ3v) is 1.57. The van der Waals surface area contributed by atoms with E-state index in [-0.39, 0.29) is 5.69 Å². The molecule has 1 aromatic rings. The van der Waals surface area contributed by atoms with Crippen LogP contribution in [0.4, 0.5) is 8.78 Å². The van der Waals surface area contributed by atoms with Crippen LogP contribution in [0.5, 0.6) is 0 Å². The third kappa shape index (κ3) is 1.66. The van der Waals surface area contributed by atoms with Crippen molar-refractivity contribution in [3.63, 3.8) is 0 Å². The van der Waals surface area contributed by atoms with E-state index >= 15 is 0 Å². The van der Waals surface area contributed by atoms with Gasteiger partial charge in [-0.2, -0.15) is 0 Å². The molecule has 0 fully saturated rings. The van der Waals surface area contributed by atoms with Gasteiger partial charge in [-0.05, 0) is 0 Å². The molecule has 0 atom stereocenters. The van der Waals surface area contributed by atoms with Gasteiger partial charge >= 0.3 is 5.97 Å². The van der Waals surface area contributed by atoms with Gasteiger partial charge in [0.05, 0.1) is 13.4 Å². The molecule has 0 amide bonds. The minimum absolute atomic E-state index is 0.333. The van der Waals surface area contributed by atoms with Crippen molar-refractivity contribution in [2.75, 3.05) is 7.11 Å². The number of carbonyl (C=O) groups is 1. The highest BCUT2D eigenvalue weighted by Gasteiger charge is 2.23. The normalized spacial score (nSPS) is 10.5. The quantitative estimate of drug-likeness (QED) is 0.657. The number of imidazole rings is 1. The second kappa shape index (κ2) is 3.51. The number of rotatable bonds is 2. The van der Waals surface area contributed by atoms with Crippen LogP contribution >= 0.6 is 0 Å². The first-order valence-electron chi connectivity index (χ1n) is 3.45. The fourth-order valence-corrected chi connectivity index (χ4v) is 0.951. The van der Waals surface area contributed by atoms with Crippen molar-refractivity contribution in [2.24, 2.45) is 7.05 Å². The predicted molar refractivity (Wildman–Crippen MR) is 39.5 cm³/mol. The largest absolute Gasteiger partial charge is 0.464 e. The maximum atomic E-state index is 12.3. The highest BCUT2D eigenvalue weighted by molar-refractivity contribution is 5.88. The standard InChI is InChI=1S/C7H8F2N2O2/c1-11-3-10-4(7(12)13-2)5(11)6(8)9/h3,6H,1-2H3. The van der Waals surface area contributed by atoms with Gasteiger partial charge < -0.3 is 9.30 Å². The molecule has 13 heavy (non-hydrogen) atoms. The van der Waals surface area contributed by atoms with Crippen LogP contribution in [0.2, 0.25) is 0 Å². The van der Waals surface area contributed by atoms with Gasteiger partial charge in [0.25, 0.3) is 6.43 Å². The van der Waals surface area contributed by atoms with E-state index in [0.29, 0.717) is 0 Å². The smallest absolute Gasteiger partial charge is 0.358 e. The summed E-state index contributed by atoms with van der Waals surface area (Å²) >= 11 is 0. The van der Waals surface area contributed by atoms with E-state index < -0.39 is 18.1 Å². The van der Waals surface area contributed by atoms with Gasteiger partial charge in [0.2, 0.25) is 0 Å². The molecule has 0 saturated heterocycles. The first kappa shape index (κ1) is 9.63. The SMILES string of the molecule is COC(=O)c1ncn(C)c1C(F)F. The monoisotopic (exact) mass is 190 g/mol. The van der Waals surface area contributed by atoms with Crippen molar-refractivity contribution in [3.8, 4) is 0 Å². The number of halogens is 2. The van der Waals surface area contributed by atoms with Crippen LogP contribution in [0, 0.1) is 0 Å². The molecule has 0 radical (unpaired) electrons. The summed E-state index contributed by atoms with van der Waals surface area (Å²) in [5.74, 6) is -0.851. The third-order valence-electron chi connectivity index (χ3n) is 1.57. The van der Waals surface area contributed by atoms with E-state index in [2.05, 4.69) is 9.72 Å². The second-order valence-corrected chi connectivity index (χ2v) is 2.38. The molecule has 0 unspecified atom stereocenters. The number of hydrogen-bond acceptors (Lipinski definition) is 3. The second-order valence-electron chi connectivity index (χ2n) is 2.38. The van der Waals surface area contributed by atoms with Crippen LogP contribution in [0.1, 0.15) is 22.6 Å². The Morgan fingerprint density at radius 3 is 2.77 bits per heavy atom. The average Bonchev–Trinajstić information content (AvgIpc) is 2.45. The van der Waals surface area contributed by atoms with E-state index in [0.717, 1.165) is 18.0 Å². The lowest BCUT2D eigenvalue weighted by Gasteiger charge is -2.02. The molecular formula is C7H8F2N2O2. The number of carbonyl (C=O) groups excluding carboxylic acids is 1. The molecule has 1 heterocycles. The Balaban J connectivity index is 3.15. The molecule has 0 saturated carbocycles. The van der Waals surface area contributed by atoms with Crippen LogP contribution in [0.15, 0.2) is 6.33 Å². The molecule has 0 spiro atoms. The number of methoxy groups -OCH3 is 1. The van der Waals surface area contributed by atoms with Gasteiger partial charge in [-0.1, -0.05) is 0 Å². The number of aryl methyl sites for hydroxylation is 1. The van der Waals surface area contributed by atoms with Gasteiger partial charge in [0.1, 0.15) is 5.69 Å². The molecule has 0 aliphatic rings. The Morgan fingerprint density at radius 1 is 1.69 bits per heavy atom. The molecule has 1 aromatic heterocycles. The topological polar surface area (TPSA) is 44.1 Å². The van der Waals surface area contributed by atoms with Crippen LogP contribution in [-0.2, 0) is 11.8 Å². The lowest BCUT2D eigenvalue weighted by molar-refractivity contribution is 0.0581.